The van der Waals surface area contributed by atoms with Crippen LogP contribution in [0.15, 0.2) is 47.6 Å². The number of Topliss-reactive ketones (excluding diaryl/α,β-unsaturated/α-hetero) is 1. The lowest BCUT2D eigenvalue weighted by molar-refractivity contribution is 0.0209. The van der Waals surface area contributed by atoms with Crippen molar-refractivity contribution < 1.29 is 35.1 Å². The van der Waals surface area contributed by atoms with E-state index >= 15 is 0 Å². The molecule has 0 aliphatic carbocycles. The highest BCUT2D eigenvalue weighted by molar-refractivity contribution is 6.06. The number of phenolic OH excluding ortho intramolecular Hbond substituents is 4. The zero-order valence-electron chi connectivity index (χ0n) is 18.3. The molecule has 1 aliphatic rings. The highest BCUT2D eigenvalue weighted by Gasteiger charge is 2.40. The molecule has 0 aromatic heterocycles. The minimum atomic E-state index is -1.64. The molecule has 0 saturated carbocycles. The number of hydrogen-bond acceptors (Lipinski definition) is 7. The molecular formula is C25H28O7. The molecule has 2 aromatic rings. The van der Waals surface area contributed by atoms with Gasteiger partial charge in [0, 0.05) is 11.6 Å². The second-order valence-electron chi connectivity index (χ2n) is 8.27. The fraction of sp³-hybridized carbons (Fsp3) is 0.320. The summed E-state index contributed by atoms with van der Waals surface area (Å²) in [4.78, 5) is 12.9. The molecule has 2 atom stereocenters. The second-order valence-corrected chi connectivity index (χ2v) is 8.27. The lowest BCUT2D eigenvalue weighted by Crippen LogP contribution is -2.36. The monoisotopic (exact) mass is 440 g/mol. The fourth-order valence-corrected chi connectivity index (χ4v) is 3.63. The molecule has 0 radical (unpaired) electrons. The van der Waals surface area contributed by atoms with Crippen LogP contribution < -0.4 is 4.74 Å². The van der Waals surface area contributed by atoms with Gasteiger partial charge < -0.3 is 30.3 Å². The Morgan fingerprint density at radius 1 is 1.00 bits per heavy atom. The van der Waals surface area contributed by atoms with Gasteiger partial charge in [0.15, 0.2) is 23.7 Å². The second kappa shape index (κ2) is 9.36. The van der Waals surface area contributed by atoms with Crippen molar-refractivity contribution in [2.45, 2.75) is 52.2 Å². The third-order valence-corrected chi connectivity index (χ3v) is 5.48. The van der Waals surface area contributed by atoms with E-state index in [1.54, 1.807) is 0 Å². The van der Waals surface area contributed by atoms with Crippen LogP contribution >= 0.6 is 0 Å². The van der Waals surface area contributed by atoms with Crippen LogP contribution in [0.25, 0.3) is 0 Å². The highest BCUT2D eigenvalue weighted by atomic mass is 16.5. The first-order valence-electron chi connectivity index (χ1n) is 10.4. The zero-order valence-corrected chi connectivity index (χ0v) is 18.3. The minimum Gasteiger partial charge on any atom is -0.507 e. The highest BCUT2D eigenvalue weighted by Crippen LogP contribution is 2.45. The van der Waals surface area contributed by atoms with E-state index in [9.17, 15) is 30.3 Å². The molecule has 7 nitrogen and oxygen atoms in total. The number of phenols is 4. The van der Waals surface area contributed by atoms with E-state index in [4.69, 9.17) is 4.74 Å². The molecule has 0 amide bonds. The van der Waals surface area contributed by atoms with Crippen molar-refractivity contribution in [1.82, 2.24) is 0 Å². The smallest absolute Gasteiger partial charge is 0.202 e. The molecule has 5 N–H and O–H groups in total. The van der Waals surface area contributed by atoms with Crippen LogP contribution in [0.3, 0.4) is 0 Å². The summed E-state index contributed by atoms with van der Waals surface area (Å²) in [7, 11) is 0. The van der Waals surface area contributed by atoms with Crippen molar-refractivity contribution in [2.75, 3.05) is 0 Å². The maximum atomic E-state index is 12.9. The molecule has 32 heavy (non-hydrogen) atoms. The number of hydrogen-bond donors (Lipinski definition) is 5. The van der Waals surface area contributed by atoms with Crippen LogP contribution in [0.1, 0.15) is 61.2 Å². The summed E-state index contributed by atoms with van der Waals surface area (Å²) >= 11 is 0. The number of benzene rings is 2. The van der Waals surface area contributed by atoms with Crippen LogP contribution in [0.2, 0.25) is 0 Å². The molecule has 7 heteroatoms. The normalized spacial score (nSPS) is 18.1. The van der Waals surface area contributed by atoms with Crippen LogP contribution in [0, 0.1) is 0 Å². The van der Waals surface area contributed by atoms with Gasteiger partial charge in [0.05, 0.1) is 0 Å². The Bertz CT molecular complexity index is 1090. The first-order valence-corrected chi connectivity index (χ1v) is 10.4. The molecule has 1 aliphatic heterocycles. The summed E-state index contributed by atoms with van der Waals surface area (Å²) in [5.41, 5.74) is 2.55. The number of aromatic hydroxyl groups is 4. The van der Waals surface area contributed by atoms with Crippen molar-refractivity contribution >= 4 is 5.78 Å². The topological polar surface area (TPSA) is 127 Å². The quantitative estimate of drug-likeness (QED) is 0.332. The van der Waals surface area contributed by atoms with Crippen molar-refractivity contribution in [3.8, 4) is 28.7 Å². The van der Waals surface area contributed by atoms with Gasteiger partial charge in [-0.1, -0.05) is 29.4 Å². The van der Waals surface area contributed by atoms with Crippen LogP contribution in [0.5, 0.6) is 28.7 Å². The first-order chi connectivity index (χ1) is 15.1. The molecule has 170 valence electrons. The van der Waals surface area contributed by atoms with Gasteiger partial charge in [-0.15, -0.1) is 0 Å². The SMILES string of the molecule is CC(C)=CCC/C(C)=C/Cc1c(O)cc2c(c1O)C(=O)[C@H](O)[C@@H](c1ccc(O)c(O)c1)O2. The number of ketones is 1. The van der Waals surface area contributed by atoms with E-state index in [0.29, 0.717) is 0 Å². The Kier molecular flexibility index (Phi) is 6.79. The Hall–Kier alpha value is -3.45. The van der Waals surface area contributed by atoms with E-state index in [0.717, 1.165) is 18.4 Å². The average molecular weight is 440 g/mol. The molecule has 3 rings (SSSR count). The Morgan fingerprint density at radius 3 is 2.38 bits per heavy atom. The summed E-state index contributed by atoms with van der Waals surface area (Å²) in [6.45, 7) is 6.02. The van der Waals surface area contributed by atoms with Gasteiger partial charge in [0.2, 0.25) is 5.78 Å². The van der Waals surface area contributed by atoms with E-state index in [2.05, 4.69) is 6.08 Å². The number of carbonyl (C=O) groups excluding carboxylic acids is 1. The van der Waals surface area contributed by atoms with Gasteiger partial charge in [-0.05, 0) is 57.7 Å². The summed E-state index contributed by atoms with van der Waals surface area (Å²) in [5, 5.41) is 50.9. The standard InChI is InChI=1S/C25H28O7/c1-13(2)5-4-6-14(3)7-9-16-18(27)12-20-21(22(16)29)23(30)24(31)25(32-20)15-8-10-17(26)19(28)11-15/h5,7-8,10-12,24-29,31H,4,6,9H2,1-3H3/b14-7+/t24-,25+/m0/s1. The molecular weight excluding hydrogens is 412 g/mol. The van der Waals surface area contributed by atoms with Gasteiger partial charge >= 0.3 is 0 Å². The van der Waals surface area contributed by atoms with E-state index in [1.807, 2.05) is 26.8 Å². The van der Waals surface area contributed by atoms with Crippen LogP contribution in [-0.4, -0.2) is 37.4 Å². The lowest BCUT2D eigenvalue weighted by Gasteiger charge is -2.31. The summed E-state index contributed by atoms with van der Waals surface area (Å²) < 4.78 is 5.71. The van der Waals surface area contributed by atoms with Crippen LogP contribution in [-0.2, 0) is 6.42 Å². The molecule has 0 bridgehead atoms. The van der Waals surface area contributed by atoms with Gasteiger partial charge in [-0.3, -0.25) is 4.79 Å². The van der Waals surface area contributed by atoms with E-state index in [1.165, 1.54) is 29.8 Å². The predicted molar refractivity (Wildman–Crippen MR) is 119 cm³/mol. The van der Waals surface area contributed by atoms with Crippen molar-refractivity contribution in [2.24, 2.45) is 0 Å². The number of rotatable bonds is 6. The van der Waals surface area contributed by atoms with Crippen LogP contribution in [0.4, 0.5) is 0 Å². The average Bonchev–Trinajstić information content (AvgIpc) is 2.72. The van der Waals surface area contributed by atoms with Gasteiger partial charge in [0.25, 0.3) is 0 Å². The molecule has 1 heterocycles. The minimum absolute atomic E-state index is 0.0686. The van der Waals surface area contributed by atoms with Crippen molar-refractivity contribution in [3.63, 3.8) is 0 Å². The third-order valence-electron chi connectivity index (χ3n) is 5.48. The Labute approximate surface area is 186 Å². The summed E-state index contributed by atoms with van der Waals surface area (Å²) in [6, 6.07) is 5.04. The number of ether oxygens (including phenoxy) is 1. The van der Waals surface area contributed by atoms with E-state index < -0.39 is 29.5 Å². The molecule has 0 spiro atoms. The molecule has 0 fully saturated rings. The first kappa shape index (κ1) is 23.2. The van der Waals surface area contributed by atoms with Gasteiger partial charge in [-0.2, -0.15) is 0 Å². The molecule has 0 unspecified atom stereocenters. The summed E-state index contributed by atoms with van der Waals surface area (Å²) in [6.07, 6.45) is 3.13. The number of aliphatic hydroxyl groups is 1. The van der Waals surface area contributed by atoms with Gasteiger partial charge in [-0.25, -0.2) is 0 Å². The maximum Gasteiger partial charge on any atom is 0.202 e. The third kappa shape index (κ3) is 4.73. The zero-order chi connectivity index (χ0) is 23.6. The Balaban J connectivity index is 1.89. The number of carbonyl (C=O) groups is 1. The predicted octanol–water partition coefficient (Wildman–Crippen LogP) is 4.42. The number of fused-ring (bicyclic) bond motifs is 1. The van der Waals surface area contributed by atoms with Gasteiger partial charge in [0.1, 0.15) is 22.8 Å². The van der Waals surface area contributed by atoms with E-state index in [-0.39, 0.29) is 40.4 Å². The largest absolute Gasteiger partial charge is 0.507 e. The summed E-state index contributed by atoms with van der Waals surface area (Å²) in [5.74, 6) is -2.26. The molecule has 0 saturated heterocycles. The van der Waals surface area contributed by atoms with Crippen molar-refractivity contribution in [3.05, 3.63) is 64.3 Å². The fourth-order valence-electron chi connectivity index (χ4n) is 3.63. The number of allylic oxidation sites excluding steroid dienone is 4. The molecule has 2 aromatic carbocycles. The Morgan fingerprint density at radius 2 is 1.72 bits per heavy atom. The maximum absolute atomic E-state index is 12.9. The lowest BCUT2D eigenvalue weighted by atomic mass is 9.90. The van der Waals surface area contributed by atoms with Crippen molar-refractivity contribution in [1.29, 1.82) is 0 Å². The number of aliphatic hydroxyl groups excluding tert-OH is 1.